The fourth-order valence-electron chi connectivity index (χ4n) is 4.53. The van der Waals surface area contributed by atoms with Gasteiger partial charge in [0, 0.05) is 44.7 Å². The second-order valence-corrected chi connectivity index (χ2v) is 8.63. The first-order valence-electron chi connectivity index (χ1n) is 11.5. The van der Waals surface area contributed by atoms with Crippen molar-refractivity contribution in [2.24, 2.45) is 0 Å². The lowest BCUT2D eigenvalue weighted by atomic mass is 10.1. The molecule has 2 aliphatic heterocycles. The van der Waals surface area contributed by atoms with Gasteiger partial charge in [0.15, 0.2) is 0 Å². The molecule has 1 unspecified atom stereocenters. The number of nitrogens with zero attached hydrogens (tertiary/aromatic N) is 5. The van der Waals surface area contributed by atoms with E-state index in [1.54, 1.807) is 12.1 Å². The summed E-state index contributed by atoms with van der Waals surface area (Å²) in [7, 11) is 0. The molecule has 0 N–H and O–H groups in total. The number of hydrogen-bond donors (Lipinski definition) is 0. The zero-order valence-corrected chi connectivity index (χ0v) is 18.6. The highest BCUT2D eigenvalue weighted by atomic mass is 19.1. The molecule has 33 heavy (non-hydrogen) atoms. The molecule has 1 saturated heterocycles. The van der Waals surface area contributed by atoms with Gasteiger partial charge >= 0.3 is 0 Å². The third-order valence-electron chi connectivity index (χ3n) is 6.50. The highest BCUT2D eigenvalue weighted by molar-refractivity contribution is 5.76. The van der Waals surface area contributed by atoms with Crippen LogP contribution in [0, 0.1) is 5.82 Å². The van der Waals surface area contributed by atoms with Gasteiger partial charge in [-0.3, -0.25) is 9.69 Å². The molecular formula is C25H28FN5O2. The Kier molecular flexibility index (Phi) is 6.46. The van der Waals surface area contributed by atoms with Crippen molar-refractivity contribution in [3.05, 3.63) is 82.9 Å². The molecule has 0 aliphatic carbocycles. The number of benzene rings is 2. The number of piperazine rings is 1. The zero-order valence-electron chi connectivity index (χ0n) is 18.6. The number of carbonyl (C=O) groups is 1. The van der Waals surface area contributed by atoms with Crippen LogP contribution in [-0.4, -0.2) is 56.9 Å². The lowest BCUT2D eigenvalue weighted by Crippen LogP contribution is -2.48. The average molecular weight is 450 g/mol. The SMILES string of the molecule is O=C(CCc1ccccc1)N1CCN(Cc2nnn3c2COC(c2ccccc2F)C3)CC1. The van der Waals surface area contributed by atoms with Gasteiger partial charge in [0.1, 0.15) is 17.6 Å². The van der Waals surface area contributed by atoms with Crippen molar-refractivity contribution in [1.82, 2.24) is 24.8 Å². The molecule has 3 aromatic rings. The Morgan fingerprint density at radius 1 is 1.03 bits per heavy atom. The Morgan fingerprint density at radius 3 is 2.58 bits per heavy atom. The van der Waals surface area contributed by atoms with Crippen LogP contribution in [0.25, 0.3) is 0 Å². The summed E-state index contributed by atoms with van der Waals surface area (Å²) in [6.07, 6.45) is 0.960. The lowest BCUT2D eigenvalue weighted by Gasteiger charge is -2.34. The molecule has 0 radical (unpaired) electrons. The molecule has 3 heterocycles. The summed E-state index contributed by atoms with van der Waals surface area (Å²) in [5.74, 6) is -0.0467. The smallest absolute Gasteiger partial charge is 0.222 e. The summed E-state index contributed by atoms with van der Waals surface area (Å²) >= 11 is 0. The van der Waals surface area contributed by atoms with Crippen LogP contribution in [0.15, 0.2) is 54.6 Å². The number of aromatic nitrogens is 3. The van der Waals surface area contributed by atoms with E-state index in [4.69, 9.17) is 4.74 Å². The molecule has 2 aliphatic rings. The fourth-order valence-corrected chi connectivity index (χ4v) is 4.53. The van der Waals surface area contributed by atoms with Gasteiger partial charge in [0.05, 0.1) is 18.8 Å². The number of aryl methyl sites for hydroxylation is 1. The number of rotatable bonds is 6. The highest BCUT2D eigenvalue weighted by Crippen LogP contribution is 2.28. The minimum Gasteiger partial charge on any atom is -0.365 e. The Hall–Kier alpha value is -3.10. The van der Waals surface area contributed by atoms with Gasteiger partial charge in [-0.15, -0.1) is 5.10 Å². The van der Waals surface area contributed by atoms with E-state index in [2.05, 4.69) is 27.3 Å². The van der Waals surface area contributed by atoms with E-state index < -0.39 is 0 Å². The number of amides is 1. The Labute approximate surface area is 192 Å². The largest absolute Gasteiger partial charge is 0.365 e. The number of halogens is 1. The Morgan fingerprint density at radius 2 is 1.79 bits per heavy atom. The van der Waals surface area contributed by atoms with Crippen LogP contribution in [-0.2, 0) is 35.6 Å². The van der Waals surface area contributed by atoms with Crippen LogP contribution in [0.2, 0.25) is 0 Å². The topological polar surface area (TPSA) is 63.5 Å². The van der Waals surface area contributed by atoms with E-state index in [1.165, 1.54) is 11.6 Å². The Balaban J connectivity index is 1.13. The molecule has 5 rings (SSSR count). The van der Waals surface area contributed by atoms with Crippen molar-refractivity contribution >= 4 is 5.91 Å². The van der Waals surface area contributed by atoms with Crippen molar-refractivity contribution in [3.8, 4) is 0 Å². The van der Waals surface area contributed by atoms with Crippen LogP contribution in [0.3, 0.4) is 0 Å². The predicted molar refractivity (Wildman–Crippen MR) is 121 cm³/mol. The summed E-state index contributed by atoms with van der Waals surface area (Å²) in [4.78, 5) is 16.9. The van der Waals surface area contributed by atoms with Gasteiger partial charge < -0.3 is 9.64 Å². The molecule has 7 nitrogen and oxygen atoms in total. The number of ether oxygens (including phenoxy) is 1. The molecule has 1 amide bonds. The maximum atomic E-state index is 14.1. The predicted octanol–water partition coefficient (Wildman–Crippen LogP) is 2.97. The third kappa shape index (κ3) is 4.96. The van der Waals surface area contributed by atoms with Gasteiger partial charge in [-0.25, -0.2) is 9.07 Å². The van der Waals surface area contributed by atoms with Crippen molar-refractivity contribution < 1.29 is 13.9 Å². The summed E-state index contributed by atoms with van der Waals surface area (Å²) in [6.45, 7) is 4.55. The van der Waals surface area contributed by atoms with Crippen LogP contribution in [0.5, 0.6) is 0 Å². The van der Waals surface area contributed by atoms with E-state index in [-0.39, 0.29) is 17.8 Å². The molecule has 1 atom stereocenters. The second kappa shape index (κ2) is 9.80. The number of carbonyl (C=O) groups excluding carboxylic acids is 1. The zero-order chi connectivity index (χ0) is 22.6. The molecule has 0 saturated carbocycles. The van der Waals surface area contributed by atoms with E-state index in [0.29, 0.717) is 31.7 Å². The average Bonchev–Trinajstić information content (AvgIpc) is 3.26. The number of fused-ring (bicyclic) bond motifs is 1. The van der Waals surface area contributed by atoms with E-state index >= 15 is 0 Å². The summed E-state index contributed by atoms with van der Waals surface area (Å²) in [5.41, 5.74) is 3.59. The first-order valence-corrected chi connectivity index (χ1v) is 11.5. The maximum Gasteiger partial charge on any atom is 0.222 e. The fraction of sp³-hybridized carbons (Fsp3) is 0.400. The standard InChI is InChI=1S/C25H28FN5O2/c26-21-9-5-4-8-20(21)24-17-31-23(18-33-24)22(27-28-31)16-29-12-14-30(15-13-29)25(32)11-10-19-6-2-1-3-7-19/h1-9,24H,10-18H2. The molecular weight excluding hydrogens is 421 g/mol. The quantitative estimate of drug-likeness (QED) is 0.579. The van der Waals surface area contributed by atoms with Crippen molar-refractivity contribution in [2.45, 2.75) is 38.6 Å². The van der Waals surface area contributed by atoms with Crippen molar-refractivity contribution in [2.75, 3.05) is 26.2 Å². The van der Waals surface area contributed by atoms with Gasteiger partial charge in [-0.05, 0) is 18.1 Å². The van der Waals surface area contributed by atoms with E-state index in [0.717, 1.165) is 44.0 Å². The lowest BCUT2D eigenvalue weighted by molar-refractivity contribution is -0.133. The minimum absolute atomic E-state index is 0.215. The second-order valence-electron chi connectivity index (χ2n) is 8.63. The molecule has 0 spiro atoms. The van der Waals surface area contributed by atoms with Crippen LogP contribution in [0.1, 0.15) is 35.0 Å². The summed E-state index contributed by atoms with van der Waals surface area (Å²) < 4.78 is 21.9. The van der Waals surface area contributed by atoms with E-state index in [1.807, 2.05) is 33.8 Å². The third-order valence-corrected chi connectivity index (χ3v) is 6.50. The Bertz CT molecular complexity index is 1100. The monoisotopic (exact) mass is 449 g/mol. The van der Waals surface area contributed by atoms with Gasteiger partial charge in [0.2, 0.25) is 5.91 Å². The molecule has 0 bridgehead atoms. The van der Waals surface area contributed by atoms with Crippen LogP contribution < -0.4 is 0 Å². The maximum absolute atomic E-state index is 14.1. The van der Waals surface area contributed by atoms with Crippen LogP contribution >= 0.6 is 0 Å². The first-order chi connectivity index (χ1) is 16.2. The number of hydrogen-bond acceptors (Lipinski definition) is 5. The van der Waals surface area contributed by atoms with Crippen molar-refractivity contribution in [1.29, 1.82) is 0 Å². The first kappa shape index (κ1) is 21.7. The minimum atomic E-state index is -0.362. The molecule has 1 aromatic heterocycles. The van der Waals surface area contributed by atoms with Crippen molar-refractivity contribution in [3.63, 3.8) is 0 Å². The normalized spacial score (nSPS) is 18.8. The van der Waals surface area contributed by atoms with E-state index in [9.17, 15) is 9.18 Å². The van der Waals surface area contributed by atoms with Gasteiger partial charge in [0.25, 0.3) is 0 Å². The van der Waals surface area contributed by atoms with Crippen LogP contribution in [0.4, 0.5) is 4.39 Å². The molecule has 172 valence electrons. The highest BCUT2D eigenvalue weighted by Gasteiger charge is 2.28. The summed E-state index contributed by atoms with van der Waals surface area (Å²) in [6, 6.07) is 16.8. The molecule has 8 heteroatoms. The van der Waals surface area contributed by atoms with Gasteiger partial charge in [-0.1, -0.05) is 53.7 Å². The summed E-state index contributed by atoms with van der Waals surface area (Å²) in [5, 5.41) is 8.67. The van der Waals surface area contributed by atoms with Gasteiger partial charge in [-0.2, -0.15) is 0 Å². The molecule has 2 aromatic carbocycles. The molecule has 1 fully saturated rings.